The van der Waals surface area contributed by atoms with Crippen molar-refractivity contribution in [1.29, 1.82) is 0 Å². The molecule has 2 rings (SSSR count). The van der Waals surface area contributed by atoms with Gasteiger partial charge < -0.3 is 35.2 Å². The second-order valence-corrected chi connectivity index (χ2v) is 11.2. The van der Waals surface area contributed by atoms with E-state index in [1.165, 1.54) is 0 Å². The van der Waals surface area contributed by atoms with Gasteiger partial charge in [-0.15, -0.1) is 11.6 Å². The second-order valence-electron chi connectivity index (χ2n) is 6.08. The van der Waals surface area contributed by atoms with E-state index in [1.807, 2.05) is 0 Å². The van der Waals surface area contributed by atoms with Gasteiger partial charge in [0.1, 0.15) is 23.8 Å². The number of hydrogen-bond acceptors (Lipinski definition) is 11. The fourth-order valence-electron chi connectivity index (χ4n) is 2.48. The second kappa shape index (κ2) is 9.43. The zero-order chi connectivity index (χ0) is 24.7. The summed E-state index contributed by atoms with van der Waals surface area (Å²) in [6, 6.07) is 0. The largest absolute Gasteiger partial charge is 0.490 e. The summed E-state index contributed by atoms with van der Waals surface area (Å²) in [6.45, 7) is -2.79. The van der Waals surface area contributed by atoms with Gasteiger partial charge in [-0.2, -0.15) is 13.6 Å². The number of phosphoric ester groups is 1. The third-order valence-corrected chi connectivity index (χ3v) is 8.08. The number of nitrogen functional groups attached to an aromatic ring is 1. The molecule has 0 saturated carbocycles. The fraction of sp³-hybridized carbons (Fsp3) is 0.600. The van der Waals surface area contributed by atoms with Crippen LogP contribution in [-0.4, -0.2) is 64.6 Å². The highest BCUT2D eigenvalue weighted by Crippen LogP contribution is 2.66. The minimum Gasteiger partial charge on any atom is -0.388 e. The van der Waals surface area contributed by atoms with E-state index in [2.05, 4.69) is 18.1 Å². The number of alkyl halides is 2. The maximum atomic E-state index is 13.7. The summed E-state index contributed by atoms with van der Waals surface area (Å²) in [5.74, 6) is -2.02. The van der Waals surface area contributed by atoms with Crippen molar-refractivity contribution in [2.75, 3.05) is 19.0 Å². The molecule has 32 heavy (non-hydrogen) atoms. The number of rotatable bonds is 9. The number of nitrogens with zero attached hydrogens (tertiary/aromatic N) is 2. The van der Waals surface area contributed by atoms with Gasteiger partial charge in [0.15, 0.2) is 17.9 Å². The average molecular weight is 552 g/mol. The topological polar surface area (TPSA) is 250 Å². The van der Waals surface area contributed by atoms with Crippen molar-refractivity contribution >= 4 is 40.9 Å². The molecular formula is C10H15ClF2N3O13P3. The first kappa shape index (κ1) is 27.4. The molecule has 22 heteroatoms. The molecule has 1 fully saturated rings. The Labute approximate surface area is 180 Å². The van der Waals surface area contributed by atoms with Gasteiger partial charge in [0.05, 0.1) is 12.8 Å². The molecule has 3 unspecified atom stereocenters. The molecule has 1 aromatic rings. The highest BCUT2D eigenvalue weighted by Gasteiger charge is 2.57. The third kappa shape index (κ3) is 6.39. The molecule has 0 bridgehead atoms. The predicted molar refractivity (Wildman–Crippen MR) is 97.2 cm³/mol. The number of aliphatic hydroxyl groups is 1. The standard InChI is InChI=1S/C10H15ClF2N3O13P3/c11-10(3-12)6(17)5(27-8(10)16-1-4(13)7(14)15-9(16)18)2-26-31(22,23)29-32(24,25)28-30(19,20)21/h1,5-6,8,17H,2-3H2,(H,22,23)(H,24,25)(H2,14,15,18)(H2,19,20,21)/t5-,6?,8-,10-/m1/s1. The Morgan fingerprint density at radius 2 is 1.84 bits per heavy atom. The number of aliphatic hydroxyl groups excluding tert-OH is 1. The number of nitrogens with two attached hydrogens (primary N) is 1. The summed E-state index contributed by atoms with van der Waals surface area (Å²) in [7, 11) is -17.1. The molecule has 0 amide bonds. The number of halogens is 3. The van der Waals surface area contributed by atoms with Crippen molar-refractivity contribution < 1.29 is 65.0 Å². The Hall–Kier alpha value is -0.840. The van der Waals surface area contributed by atoms with E-state index in [1.54, 1.807) is 0 Å². The minimum absolute atomic E-state index is 0.353. The molecule has 1 aliphatic rings. The number of aromatic nitrogens is 2. The van der Waals surface area contributed by atoms with Gasteiger partial charge in [-0.3, -0.25) is 9.09 Å². The first-order valence-corrected chi connectivity index (χ1v) is 12.7. The van der Waals surface area contributed by atoms with Gasteiger partial charge >= 0.3 is 29.2 Å². The van der Waals surface area contributed by atoms with Gasteiger partial charge in [-0.25, -0.2) is 27.3 Å². The average Bonchev–Trinajstić information content (AvgIpc) is 2.85. The van der Waals surface area contributed by atoms with Gasteiger partial charge in [0.25, 0.3) is 0 Å². The molecular weight excluding hydrogens is 536 g/mol. The zero-order valence-corrected chi connectivity index (χ0v) is 18.6. The van der Waals surface area contributed by atoms with Crippen LogP contribution in [0, 0.1) is 5.82 Å². The normalized spacial score (nSPS) is 30.1. The zero-order valence-electron chi connectivity index (χ0n) is 15.2. The Morgan fingerprint density at radius 3 is 2.38 bits per heavy atom. The van der Waals surface area contributed by atoms with E-state index in [4.69, 9.17) is 36.8 Å². The van der Waals surface area contributed by atoms with Crippen LogP contribution in [-0.2, 0) is 31.6 Å². The maximum absolute atomic E-state index is 13.7. The number of hydrogen-bond donors (Lipinski definition) is 6. The fourth-order valence-corrected chi connectivity index (χ4v) is 5.80. The molecule has 1 saturated heterocycles. The summed E-state index contributed by atoms with van der Waals surface area (Å²) in [6.07, 6.45) is -5.38. The van der Waals surface area contributed by atoms with Crippen LogP contribution in [0.3, 0.4) is 0 Å². The molecule has 7 N–H and O–H groups in total. The Bertz CT molecular complexity index is 1070. The Kier molecular flexibility index (Phi) is 8.07. The molecule has 2 heterocycles. The maximum Gasteiger partial charge on any atom is 0.490 e. The van der Waals surface area contributed by atoms with Crippen LogP contribution in [0.2, 0.25) is 0 Å². The first-order valence-electron chi connectivity index (χ1n) is 7.82. The van der Waals surface area contributed by atoms with Crippen molar-refractivity contribution in [2.45, 2.75) is 23.3 Å². The van der Waals surface area contributed by atoms with Crippen LogP contribution < -0.4 is 11.4 Å². The number of anilines is 1. The molecule has 0 aliphatic carbocycles. The van der Waals surface area contributed by atoms with Gasteiger partial charge in [-0.1, -0.05) is 0 Å². The quantitative estimate of drug-likeness (QED) is 0.167. The van der Waals surface area contributed by atoms with Crippen LogP contribution in [0.4, 0.5) is 14.6 Å². The van der Waals surface area contributed by atoms with Crippen molar-refractivity contribution in [2.24, 2.45) is 0 Å². The van der Waals surface area contributed by atoms with E-state index >= 15 is 0 Å². The Balaban J connectivity index is 2.21. The lowest BCUT2D eigenvalue weighted by atomic mass is 10.00. The van der Waals surface area contributed by atoms with E-state index in [0.717, 1.165) is 0 Å². The van der Waals surface area contributed by atoms with E-state index in [0.29, 0.717) is 10.8 Å². The van der Waals surface area contributed by atoms with E-state index < -0.39 is 77.4 Å². The first-order chi connectivity index (χ1) is 14.4. The molecule has 0 radical (unpaired) electrons. The SMILES string of the molecule is Nc1nc(=O)n([C@@H]2O[C@H](COP(=O)(O)OP(=O)(O)OP(=O)(O)O)C(O)[C@]2(Cl)CF)cc1F. The lowest BCUT2D eigenvalue weighted by molar-refractivity contribution is -0.0469. The van der Waals surface area contributed by atoms with Crippen LogP contribution in [0.1, 0.15) is 6.23 Å². The smallest absolute Gasteiger partial charge is 0.388 e. The van der Waals surface area contributed by atoms with E-state index in [9.17, 15) is 37.3 Å². The summed E-state index contributed by atoms with van der Waals surface area (Å²) in [5.41, 5.74) is 3.88. The summed E-state index contributed by atoms with van der Waals surface area (Å²) >= 11 is 5.99. The lowest BCUT2D eigenvalue weighted by Crippen LogP contribution is -2.46. The molecule has 0 spiro atoms. The molecule has 6 atom stereocenters. The van der Waals surface area contributed by atoms with Gasteiger partial charge in [0.2, 0.25) is 0 Å². The summed E-state index contributed by atoms with van der Waals surface area (Å²) in [4.78, 5) is 48.1. The highest BCUT2D eigenvalue weighted by molar-refractivity contribution is 7.66. The molecule has 0 aromatic carbocycles. The summed E-state index contributed by atoms with van der Waals surface area (Å²) < 4.78 is 77.8. The number of ether oxygens (including phenoxy) is 1. The molecule has 1 aromatic heterocycles. The number of phosphoric acid groups is 3. The van der Waals surface area contributed by atoms with Crippen molar-refractivity contribution in [3.63, 3.8) is 0 Å². The van der Waals surface area contributed by atoms with E-state index in [-0.39, 0.29) is 0 Å². The Morgan fingerprint density at radius 1 is 1.25 bits per heavy atom. The van der Waals surface area contributed by atoms with Crippen LogP contribution >= 0.6 is 35.1 Å². The summed E-state index contributed by atoms with van der Waals surface area (Å²) in [5, 5.41) is 10.3. The van der Waals surface area contributed by atoms with Gasteiger partial charge in [-0.05, 0) is 0 Å². The third-order valence-electron chi connectivity index (χ3n) is 3.77. The monoisotopic (exact) mass is 551 g/mol. The predicted octanol–water partition coefficient (Wildman–Crippen LogP) is -0.487. The van der Waals surface area contributed by atoms with Gasteiger partial charge in [0, 0.05) is 0 Å². The highest BCUT2D eigenvalue weighted by atomic mass is 35.5. The molecule has 16 nitrogen and oxygen atoms in total. The lowest BCUT2D eigenvalue weighted by Gasteiger charge is -2.27. The molecule has 1 aliphatic heterocycles. The van der Waals surface area contributed by atoms with Crippen molar-refractivity contribution in [3.8, 4) is 0 Å². The van der Waals surface area contributed by atoms with Crippen LogP contribution in [0.15, 0.2) is 11.0 Å². The minimum atomic E-state index is -5.82. The van der Waals surface area contributed by atoms with Crippen molar-refractivity contribution in [1.82, 2.24) is 9.55 Å². The van der Waals surface area contributed by atoms with Crippen molar-refractivity contribution in [3.05, 3.63) is 22.5 Å². The molecule has 184 valence electrons. The van der Waals surface area contributed by atoms with Crippen LogP contribution in [0.25, 0.3) is 0 Å². The van der Waals surface area contributed by atoms with Crippen LogP contribution in [0.5, 0.6) is 0 Å².